The molecule has 4 rings (SSSR count). The molecule has 0 spiro atoms. The van der Waals surface area contributed by atoms with Gasteiger partial charge in [-0.1, -0.05) is 11.8 Å². The quantitative estimate of drug-likeness (QED) is 0.439. The van der Waals surface area contributed by atoms with E-state index in [-0.39, 0.29) is 0 Å². The van der Waals surface area contributed by atoms with E-state index >= 15 is 0 Å². The molecule has 0 atom stereocenters. The maximum atomic E-state index is 10.7. The van der Waals surface area contributed by atoms with E-state index in [9.17, 15) is 4.79 Å². The van der Waals surface area contributed by atoms with Crippen LogP contribution in [0.25, 0.3) is 10.6 Å². The number of carbonyl (C=O) groups is 1. The van der Waals surface area contributed by atoms with Crippen molar-refractivity contribution in [2.45, 2.75) is 11.3 Å². The number of carbonyl (C=O) groups excluding carboxylic acids is 1. The van der Waals surface area contributed by atoms with Crippen LogP contribution < -0.4 is 10.2 Å². The average molecular weight is 442 g/mol. The van der Waals surface area contributed by atoms with E-state index in [4.69, 9.17) is 0 Å². The molecule has 1 aliphatic rings. The molecule has 1 fully saturated rings. The van der Waals surface area contributed by atoms with Crippen LogP contribution in [0, 0.1) is 6.92 Å². The third-order valence-electron chi connectivity index (χ3n) is 4.90. The van der Waals surface area contributed by atoms with Gasteiger partial charge in [0.25, 0.3) is 0 Å². The van der Waals surface area contributed by atoms with E-state index in [1.165, 1.54) is 0 Å². The first kappa shape index (κ1) is 20.7. The normalized spacial score (nSPS) is 14.7. The van der Waals surface area contributed by atoms with Gasteiger partial charge in [0.2, 0.25) is 5.95 Å². The van der Waals surface area contributed by atoms with Crippen LogP contribution >= 0.6 is 23.1 Å². The van der Waals surface area contributed by atoms with Gasteiger partial charge in [-0.3, -0.25) is 4.90 Å². The maximum absolute atomic E-state index is 10.7. The summed E-state index contributed by atoms with van der Waals surface area (Å²) in [6.45, 7) is 6.05. The Morgan fingerprint density at radius 3 is 2.67 bits per heavy atom. The molecule has 10 heteroatoms. The van der Waals surface area contributed by atoms with Crippen LogP contribution in [0.2, 0.25) is 0 Å². The molecule has 30 heavy (non-hydrogen) atoms. The Bertz CT molecular complexity index is 1000. The summed E-state index contributed by atoms with van der Waals surface area (Å²) in [5, 5.41) is 3.19. The van der Waals surface area contributed by atoms with Crippen LogP contribution in [-0.4, -0.2) is 70.1 Å². The van der Waals surface area contributed by atoms with Gasteiger partial charge in [0.1, 0.15) is 12.1 Å². The molecule has 0 unspecified atom stereocenters. The highest BCUT2D eigenvalue weighted by atomic mass is 32.2. The Labute approximate surface area is 183 Å². The zero-order chi connectivity index (χ0) is 20.9. The van der Waals surface area contributed by atoms with Gasteiger partial charge in [-0.05, 0) is 31.4 Å². The lowest BCUT2D eigenvalue weighted by atomic mass is 10.2. The number of pyridine rings is 1. The van der Waals surface area contributed by atoms with Crippen LogP contribution in [0.4, 0.5) is 17.5 Å². The summed E-state index contributed by atoms with van der Waals surface area (Å²) < 4.78 is 1.03. The molecular weight excluding hydrogens is 418 g/mol. The Hall–Kier alpha value is -2.56. The second-order valence-corrected chi connectivity index (χ2v) is 8.90. The van der Waals surface area contributed by atoms with E-state index in [1.807, 2.05) is 37.6 Å². The van der Waals surface area contributed by atoms with Crippen LogP contribution in [0.3, 0.4) is 0 Å². The van der Waals surface area contributed by atoms with Crippen molar-refractivity contribution in [2.24, 2.45) is 0 Å². The predicted octanol–water partition coefficient (Wildman–Crippen LogP) is 3.09. The van der Waals surface area contributed by atoms with Crippen molar-refractivity contribution in [3.63, 3.8) is 0 Å². The van der Waals surface area contributed by atoms with E-state index in [2.05, 4.69) is 35.1 Å². The van der Waals surface area contributed by atoms with Crippen LogP contribution in [0.15, 0.2) is 34.9 Å². The summed E-state index contributed by atoms with van der Waals surface area (Å²) in [6, 6.07) is 5.89. The molecule has 3 aromatic rings. The lowest BCUT2D eigenvalue weighted by Crippen LogP contribution is -2.46. The number of anilines is 3. The van der Waals surface area contributed by atoms with Gasteiger partial charge in [0.15, 0.2) is 4.34 Å². The van der Waals surface area contributed by atoms with E-state index in [0.29, 0.717) is 18.3 Å². The number of aldehydes is 1. The molecule has 4 heterocycles. The average Bonchev–Trinajstić information content (AvgIpc) is 3.16. The number of piperazine rings is 1. The molecule has 0 radical (unpaired) electrons. The summed E-state index contributed by atoms with van der Waals surface area (Å²) in [7, 11) is 0. The highest BCUT2D eigenvalue weighted by Gasteiger charge is 2.17. The first-order valence-electron chi connectivity index (χ1n) is 9.65. The van der Waals surface area contributed by atoms with Crippen molar-refractivity contribution >= 4 is 46.8 Å². The number of nitrogens with one attached hydrogen (secondary N) is 1. The first-order chi connectivity index (χ1) is 14.7. The maximum Gasteiger partial charge on any atom is 0.228 e. The smallest absolute Gasteiger partial charge is 0.228 e. The van der Waals surface area contributed by atoms with Gasteiger partial charge in [0, 0.05) is 32.4 Å². The molecule has 1 N–H and O–H groups in total. The van der Waals surface area contributed by atoms with Gasteiger partial charge < -0.3 is 15.0 Å². The lowest BCUT2D eigenvalue weighted by Gasteiger charge is -2.35. The molecule has 0 saturated carbocycles. The summed E-state index contributed by atoms with van der Waals surface area (Å²) in [6.07, 6.45) is 6.59. The van der Waals surface area contributed by atoms with E-state index in [0.717, 1.165) is 58.8 Å². The monoisotopic (exact) mass is 441 g/mol. The summed E-state index contributed by atoms with van der Waals surface area (Å²) in [5.41, 5.74) is 2.91. The third kappa shape index (κ3) is 4.77. The second-order valence-electron chi connectivity index (χ2n) is 6.84. The number of aryl methyl sites for hydroxylation is 1. The summed E-state index contributed by atoms with van der Waals surface area (Å²) in [5.74, 6) is 1.20. The fraction of sp³-hybridized carbons (Fsp3) is 0.350. The molecule has 0 aliphatic carbocycles. The fourth-order valence-electron chi connectivity index (χ4n) is 3.30. The molecule has 1 aliphatic heterocycles. The number of aromatic nitrogens is 4. The second kappa shape index (κ2) is 9.50. The Morgan fingerprint density at radius 2 is 2.00 bits per heavy atom. The van der Waals surface area contributed by atoms with Gasteiger partial charge in [-0.15, -0.1) is 11.3 Å². The number of thiazole rings is 1. The minimum Gasteiger partial charge on any atom is -0.368 e. The van der Waals surface area contributed by atoms with Crippen LogP contribution in [0.1, 0.15) is 5.69 Å². The Morgan fingerprint density at radius 1 is 1.17 bits per heavy atom. The van der Waals surface area contributed by atoms with Crippen molar-refractivity contribution in [2.75, 3.05) is 49.2 Å². The van der Waals surface area contributed by atoms with Gasteiger partial charge in [-0.25, -0.2) is 19.9 Å². The number of thioether (sulfide) groups is 1. The van der Waals surface area contributed by atoms with Crippen LogP contribution in [-0.2, 0) is 4.79 Å². The number of nitrogens with zero attached hydrogens (tertiary/aromatic N) is 6. The van der Waals surface area contributed by atoms with Crippen molar-refractivity contribution in [3.8, 4) is 10.6 Å². The largest absolute Gasteiger partial charge is 0.368 e. The van der Waals surface area contributed by atoms with Crippen molar-refractivity contribution < 1.29 is 4.79 Å². The molecule has 0 bridgehead atoms. The van der Waals surface area contributed by atoms with Crippen molar-refractivity contribution in [1.29, 1.82) is 0 Å². The minimum atomic E-state index is 0.508. The van der Waals surface area contributed by atoms with E-state index in [1.54, 1.807) is 29.3 Å². The highest BCUT2D eigenvalue weighted by Crippen LogP contribution is 2.33. The molecule has 3 aromatic heterocycles. The molecule has 0 amide bonds. The molecule has 1 saturated heterocycles. The van der Waals surface area contributed by atoms with Gasteiger partial charge in [0.05, 0.1) is 34.7 Å². The number of rotatable bonds is 7. The predicted molar refractivity (Wildman–Crippen MR) is 122 cm³/mol. The zero-order valence-electron chi connectivity index (χ0n) is 16.9. The molecule has 8 nitrogen and oxygen atoms in total. The SMILES string of the molecule is CSc1nc(C)c(-c2ccnc(Nc3ccc(N4CCN(CC=O)CC4)cn3)n2)s1. The standard InChI is InChI=1S/C20H23N7OS2/c1-14-18(30-20(23-14)29-2)16-5-6-21-19(24-16)25-17-4-3-15(13-22-17)27-9-7-26(8-10-27)11-12-28/h3-6,12-13H,7-11H2,1-2H3,(H,21,22,24,25). The molecule has 0 aromatic carbocycles. The minimum absolute atomic E-state index is 0.508. The van der Waals surface area contributed by atoms with E-state index < -0.39 is 0 Å². The zero-order valence-corrected chi connectivity index (χ0v) is 18.5. The molecular formula is C20H23N7OS2. The Balaban J connectivity index is 1.42. The third-order valence-corrected chi connectivity index (χ3v) is 7.06. The Kier molecular flexibility index (Phi) is 6.56. The van der Waals surface area contributed by atoms with Gasteiger partial charge in [-0.2, -0.15) is 0 Å². The topological polar surface area (TPSA) is 87.1 Å². The van der Waals surface area contributed by atoms with Crippen molar-refractivity contribution in [3.05, 3.63) is 36.3 Å². The number of hydrogen-bond acceptors (Lipinski definition) is 10. The fourth-order valence-corrected chi connectivity index (χ4v) is 4.88. The summed E-state index contributed by atoms with van der Waals surface area (Å²) in [4.78, 5) is 34.2. The highest BCUT2D eigenvalue weighted by molar-refractivity contribution is 8.00. The number of hydrogen-bond donors (Lipinski definition) is 1. The van der Waals surface area contributed by atoms with Gasteiger partial charge >= 0.3 is 0 Å². The van der Waals surface area contributed by atoms with Crippen LogP contribution in [0.5, 0.6) is 0 Å². The van der Waals surface area contributed by atoms with Crippen molar-refractivity contribution in [1.82, 2.24) is 24.8 Å². The molecule has 156 valence electrons. The lowest BCUT2D eigenvalue weighted by molar-refractivity contribution is -0.108. The first-order valence-corrected chi connectivity index (χ1v) is 11.7. The summed E-state index contributed by atoms with van der Waals surface area (Å²) >= 11 is 3.28.